The monoisotopic (exact) mass is 376 g/mol. The predicted octanol–water partition coefficient (Wildman–Crippen LogP) is 4.41. The molecule has 6 heteroatoms. The molecule has 0 heterocycles. The minimum atomic E-state index is -0.287. The highest BCUT2D eigenvalue weighted by Crippen LogP contribution is 2.23. The predicted molar refractivity (Wildman–Crippen MR) is 103 cm³/mol. The number of carbonyl (C=O) groups is 2. The number of aryl methyl sites for hydroxylation is 1. The van der Waals surface area contributed by atoms with Crippen LogP contribution in [0, 0.1) is 6.92 Å². The molecule has 0 radical (unpaired) electrons. The first-order chi connectivity index (χ1) is 11.8. The van der Waals surface area contributed by atoms with Crippen molar-refractivity contribution >= 4 is 46.8 Å². The van der Waals surface area contributed by atoms with Gasteiger partial charge in [-0.05, 0) is 42.8 Å². The van der Waals surface area contributed by atoms with Gasteiger partial charge in [-0.3, -0.25) is 9.59 Å². The van der Waals surface area contributed by atoms with Crippen molar-refractivity contribution in [3.8, 4) is 0 Å². The SMILES string of the molecule is Cc1ccc(NC(=O)CN(C)C(=O)/C=C/c2ccc(Cl)c(Cl)c2)cc1. The molecule has 0 aliphatic rings. The van der Waals surface area contributed by atoms with E-state index in [1.807, 2.05) is 31.2 Å². The Balaban J connectivity index is 1.90. The lowest BCUT2D eigenvalue weighted by Crippen LogP contribution is -2.33. The number of hydrogen-bond acceptors (Lipinski definition) is 2. The van der Waals surface area contributed by atoms with Gasteiger partial charge >= 0.3 is 0 Å². The maximum atomic E-state index is 12.1. The molecule has 0 atom stereocenters. The molecule has 4 nitrogen and oxygen atoms in total. The maximum Gasteiger partial charge on any atom is 0.246 e. The van der Waals surface area contributed by atoms with Gasteiger partial charge in [0.1, 0.15) is 0 Å². The fourth-order valence-electron chi connectivity index (χ4n) is 2.04. The van der Waals surface area contributed by atoms with Gasteiger partial charge in [-0.25, -0.2) is 0 Å². The lowest BCUT2D eigenvalue weighted by atomic mass is 10.2. The molecule has 0 saturated heterocycles. The third-order valence-electron chi connectivity index (χ3n) is 3.45. The van der Waals surface area contributed by atoms with Crippen LogP contribution in [0.4, 0.5) is 5.69 Å². The van der Waals surface area contributed by atoms with Crippen molar-refractivity contribution in [2.24, 2.45) is 0 Å². The molecule has 0 fully saturated rings. The van der Waals surface area contributed by atoms with Crippen LogP contribution in [0.15, 0.2) is 48.5 Å². The normalized spacial score (nSPS) is 10.7. The van der Waals surface area contributed by atoms with Crippen molar-refractivity contribution < 1.29 is 9.59 Å². The maximum absolute atomic E-state index is 12.1. The third-order valence-corrected chi connectivity index (χ3v) is 4.19. The molecule has 0 saturated carbocycles. The van der Waals surface area contributed by atoms with Crippen LogP contribution in [0.1, 0.15) is 11.1 Å². The van der Waals surface area contributed by atoms with Crippen LogP contribution in [-0.4, -0.2) is 30.3 Å². The second kappa shape index (κ2) is 8.70. The Hall–Kier alpha value is -2.30. The number of benzene rings is 2. The van der Waals surface area contributed by atoms with Gasteiger partial charge in [0.2, 0.25) is 11.8 Å². The Morgan fingerprint density at radius 2 is 1.76 bits per heavy atom. The van der Waals surface area contributed by atoms with Gasteiger partial charge in [0.15, 0.2) is 0 Å². The molecule has 0 aliphatic heterocycles. The minimum absolute atomic E-state index is 0.0432. The summed E-state index contributed by atoms with van der Waals surface area (Å²) in [6.45, 7) is 1.93. The third kappa shape index (κ3) is 5.93. The molecule has 0 bridgehead atoms. The molecular formula is C19H18Cl2N2O2. The number of likely N-dealkylation sites (N-methyl/N-ethyl adjacent to an activating group) is 1. The van der Waals surface area contributed by atoms with Crippen molar-refractivity contribution in [1.29, 1.82) is 0 Å². The van der Waals surface area contributed by atoms with Gasteiger partial charge in [0.25, 0.3) is 0 Å². The molecule has 25 heavy (non-hydrogen) atoms. The highest BCUT2D eigenvalue weighted by Gasteiger charge is 2.10. The van der Waals surface area contributed by atoms with E-state index in [1.165, 1.54) is 11.0 Å². The highest BCUT2D eigenvalue weighted by atomic mass is 35.5. The Kier molecular flexibility index (Phi) is 6.62. The number of nitrogens with one attached hydrogen (secondary N) is 1. The summed E-state index contributed by atoms with van der Waals surface area (Å²) in [5.41, 5.74) is 2.56. The second-order valence-corrected chi connectivity index (χ2v) is 6.43. The number of hydrogen-bond donors (Lipinski definition) is 1. The molecule has 2 aromatic carbocycles. The summed E-state index contributed by atoms with van der Waals surface area (Å²) in [5.74, 6) is -0.548. The van der Waals surface area contributed by atoms with Crippen LogP contribution in [0.3, 0.4) is 0 Å². The Morgan fingerprint density at radius 3 is 2.40 bits per heavy atom. The molecule has 2 amide bonds. The van der Waals surface area contributed by atoms with Crippen LogP contribution in [0.5, 0.6) is 0 Å². The van der Waals surface area contributed by atoms with Crippen LogP contribution in [-0.2, 0) is 9.59 Å². The van der Waals surface area contributed by atoms with Gasteiger partial charge in [0, 0.05) is 18.8 Å². The fraction of sp³-hybridized carbons (Fsp3) is 0.158. The standard InChI is InChI=1S/C19H18Cl2N2O2/c1-13-3-7-15(8-4-13)22-18(24)12-23(2)19(25)10-6-14-5-9-16(20)17(21)11-14/h3-11H,12H2,1-2H3,(H,22,24)/b10-6+. The van der Waals surface area contributed by atoms with Crippen LogP contribution < -0.4 is 5.32 Å². The zero-order valence-corrected chi connectivity index (χ0v) is 15.4. The molecule has 2 aromatic rings. The smallest absolute Gasteiger partial charge is 0.246 e. The molecule has 0 aliphatic carbocycles. The number of halogens is 2. The van der Waals surface area contributed by atoms with E-state index in [1.54, 1.807) is 31.3 Å². The number of rotatable bonds is 5. The molecule has 0 spiro atoms. The molecule has 1 N–H and O–H groups in total. The summed E-state index contributed by atoms with van der Waals surface area (Å²) in [7, 11) is 1.57. The average Bonchev–Trinajstić information content (AvgIpc) is 2.57. The summed E-state index contributed by atoms with van der Waals surface area (Å²) >= 11 is 11.8. The quantitative estimate of drug-likeness (QED) is 0.785. The van der Waals surface area contributed by atoms with E-state index in [0.717, 1.165) is 11.1 Å². The van der Waals surface area contributed by atoms with E-state index >= 15 is 0 Å². The molecular weight excluding hydrogens is 359 g/mol. The van der Waals surface area contributed by atoms with Gasteiger partial charge in [-0.1, -0.05) is 47.0 Å². The van der Waals surface area contributed by atoms with E-state index in [0.29, 0.717) is 15.7 Å². The van der Waals surface area contributed by atoms with Crippen molar-refractivity contribution in [1.82, 2.24) is 4.90 Å². The number of anilines is 1. The minimum Gasteiger partial charge on any atom is -0.333 e. The zero-order valence-electron chi connectivity index (χ0n) is 13.9. The Labute approximate surface area is 157 Å². The molecule has 0 aromatic heterocycles. The lowest BCUT2D eigenvalue weighted by molar-refractivity contribution is -0.129. The summed E-state index contributed by atoms with van der Waals surface area (Å²) in [6.07, 6.45) is 3.01. The summed E-state index contributed by atoms with van der Waals surface area (Å²) in [5, 5.41) is 3.63. The number of amides is 2. The van der Waals surface area contributed by atoms with Gasteiger partial charge in [0.05, 0.1) is 16.6 Å². The van der Waals surface area contributed by atoms with E-state index < -0.39 is 0 Å². The van der Waals surface area contributed by atoms with E-state index in [9.17, 15) is 9.59 Å². The topological polar surface area (TPSA) is 49.4 Å². The van der Waals surface area contributed by atoms with Crippen molar-refractivity contribution in [2.45, 2.75) is 6.92 Å². The number of nitrogens with zero attached hydrogens (tertiary/aromatic N) is 1. The first-order valence-electron chi connectivity index (χ1n) is 7.60. The Morgan fingerprint density at radius 1 is 1.08 bits per heavy atom. The second-order valence-electron chi connectivity index (χ2n) is 5.62. The first-order valence-corrected chi connectivity index (χ1v) is 8.35. The van der Waals surface area contributed by atoms with Gasteiger partial charge in [-0.2, -0.15) is 0 Å². The molecule has 0 unspecified atom stereocenters. The van der Waals surface area contributed by atoms with Crippen LogP contribution in [0.2, 0.25) is 10.0 Å². The summed E-state index contributed by atoms with van der Waals surface area (Å²) in [6, 6.07) is 12.5. The lowest BCUT2D eigenvalue weighted by Gasteiger charge is -2.15. The summed E-state index contributed by atoms with van der Waals surface area (Å²) < 4.78 is 0. The Bertz CT molecular complexity index is 802. The fourth-order valence-corrected chi connectivity index (χ4v) is 2.35. The van der Waals surface area contributed by atoms with E-state index in [2.05, 4.69) is 5.32 Å². The van der Waals surface area contributed by atoms with Crippen molar-refractivity contribution in [2.75, 3.05) is 18.9 Å². The van der Waals surface area contributed by atoms with Crippen molar-refractivity contribution in [3.05, 3.63) is 69.7 Å². The first kappa shape index (κ1) is 19.0. The van der Waals surface area contributed by atoms with Crippen LogP contribution >= 0.6 is 23.2 Å². The molecule has 2 rings (SSSR count). The van der Waals surface area contributed by atoms with Gasteiger partial charge < -0.3 is 10.2 Å². The average molecular weight is 377 g/mol. The van der Waals surface area contributed by atoms with E-state index in [4.69, 9.17) is 23.2 Å². The highest BCUT2D eigenvalue weighted by molar-refractivity contribution is 6.42. The summed E-state index contributed by atoms with van der Waals surface area (Å²) in [4.78, 5) is 25.4. The van der Waals surface area contributed by atoms with E-state index in [-0.39, 0.29) is 18.4 Å². The van der Waals surface area contributed by atoms with Gasteiger partial charge in [-0.15, -0.1) is 0 Å². The number of carbonyl (C=O) groups excluding carboxylic acids is 2. The molecule has 130 valence electrons. The zero-order chi connectivity index (χ0) is 18.4. The van der Waals surface area contributed by atoms with Crippen LogP contribution in [0.25, 0.3) is 6.08 Å². The van der Waals surface area contributed by atoms with Crippen molar-refractivity contribution in [3.63, 3.8) is 0 Å². The largest absolute Gasteiger partial charge is 0.333 e.